The summed E-state index contributed by atoms with van der Waals surface area (Å²) < 4.78 is 24.3. The molecular formula is C10H12F2N2. The van der Waals surface area contributed by atoms with Gasteiger partial charge >= 0.3 is 0 Å². The summed E-state index contributed by atoms with van der Waals surface area (Å²) in [6.07, 6.45) is 0.293. The molecule has 0 bridgehead atoms. The minimum absolute atomic E-state index is 0.143. The van der Waals surface area contributed by atoms with Crippen molar-refractivity contribution in [1.82, 2.24) is 9.88 Å². The highest BCUT2D eigenvalue weighted by Crippen LogP contribution is 2.16. The highest BCUT2D eigenvalue weighted by molar-refractivity contribution is 5.22. The van der Waals surface area contributed by atoms with Gasteiger partial charge in [-0.25, -0.2) is 8.78 Å². The Morgan fingerprint density at radius 1 is 1.50 bits per heavy atom. The van der Waals surface area contributed by atoms with E-state index in [1.165, 1.54) is 5.56 Å². The summed E-state index contributed by atoms with van der Waals surface area (Å²) in [6, 6.07) is 3.91. The van der Waals surface area contributed by atoms with Gasteiger partial charge in [0.05, 0.1) is 12.2 Å². The Bertz CT molecular complexity index is 315. The van der Waals surface area contributed by atoms with E-state index in [0.717, 1.165) is 12.1 Å². The van der Waals surface area contributed by atoms with Crippen molar-refractivity contribution >= 4 is 0 Å². The van der Waals surface area contributed by atoms with E-state index in [-0.39, 0.29) is 6.54 Å². The van der Waals surface area contributed by atoms with Crippen molar-refractivity contribution in [3.8, 4) is 0 Å². The molecule has 1 aliphatic heterocycles. The predicted octanol–water partition coefficient (Wildman–Crippen LogP) is 1.70. The van der Waals surface area contributed by atoms with E-state index in [4.69, 9.17) is 0 Å². The molecule has 0 aromatic carbocycles. The molecule has 0 saturated heterocycles. The average molecular weight is 198 g/mol. The van der Waals surface area contributed by atoms with Crippen molar-refractivity contribution in [3.63, 3.8) is 0 Å². The second kappa shape index (κ2) is 4.00. The second-order valence-electron chi connectivity index (χ2n) is 3.49. The van der Waals surface area contributed by atoms with Gasteiger partial charge in [-0.2, -0.15) is 0 Å². The van der Waals surface area contributed by atoms with E-state index < -0.39 is 6.43 Å². The van der Waals surface area contributed by atoms with Gasteiger partial charge in [-0.1, -0.05) is 6.07 Å². The monoisotopic (exact) mass is 198 g/mol. The Balaban J connectivity index is 2.06. The minimum atomic E-state index is -2.25. The molecule has 0 aliphatic carbocycles. The largest absolute Gasteiger partial charge is 0.292 e. The van der Waals surface area contributed by atoms with Gasteiger partial charge in [0, 0.05) is 19.3 Å². The first kappa shape index (κ1) is 9.52. The first-order valence-corrected chi connectivity index (χ1v) is 4.69. The summed E-state index contributed by atoms with van der Waals surface area (Å²) in [4.78, 5) is 5.94. The maximum atomic E-state index is 12.1. The van der Waals surface area contributed by atoms with Crippen LogP contribution in [0.4, 0.5) is 8.78 Å². The Hall–Kier alpha value is -1.03. The van der Waals surface area contributed by atoms with E-state index in [2.05, 4.69) is 4.98 Å². The van der Waals surface area contributed by atoms with Crippen LogP contribution in [0.5, 0.6) is 0 Å². The number of aromatic nitrogens is 1. The van der Waals surface area contributed by atoms with Crippen LogP contribution in [0.1, 0.15) is 11.3 Å². The Morgan fingerprint density at radius 3 is 3.14 bits per heavy atom. The van der Waals surface area contributed by atoms with Crippen LogP contribution in [0.3, 0.4) is 0 Å². The lowest BCUT2D eigenvalue weighted by molar-refractivity contribution is 0.0812. The van der Waals surface area contributed by atoms with Crippen LogP contribution < -0.4 is 0 Å². The zero-order chi connectivity index (χ0) is 9.97. The van der Waals surface area contributed by atoms with Gasteiger partial charge in [0.15, 0.2) is 0 Å². The SMILES string of the molecule is FC(F)CN1CCc2cccnc2C1. The lowest BCUT2D eigenvalue weighted by Gasteiger charge is -2.27. The van der Waals surface area contributed by atoms with Gasteiger partial charge in [-0.3, -0.25) is 9.88 Å². The molecule has 2 heterocycles. The quantitative estimate of drug-likeness (QED) is 0.719. The molecule has 0 spiro atoms. The molecule has 0 fully saturated rings. The zero-order valence-corrected chi connectivity index (χ0v) is 7.79. The van der Waals surface area contributed by atoms with Gasteiger partial charge < -0.3 is 0 Å². The molecule has 14 heavy (non-hydrogen) atoms. The van der Waals surface area contributed by atoms with E-state index in [1.54, 1.807) is 11.1 Å². The maximum Gasteiger partial charge on any atom is 0.251 e. The summed E-state index contributed by atoms with van der Waals surface area (Å²) in [7, 11) is 0. The molecule has 1 aromatic rings. The number of hydrogen-bond donors (Lipinski definition) is 0. The molecule has 1 aliphatic rings. The van der Waals surface area contributed by atoms with Gasteiger partial charge in [0.2, 0.25) is 0 Å². The molecule has 0 amide bonds. The van der Waals surface area contributed by atoms with Crippen molar-refractivity contribution in [2.75, 3.05) is 13.1 Å². The number of alkyl halides is 2. The first-order chi connectivity index (χ1) is 6.75. The molecule has 0 atom stereocenters. The van der Waals surface area contributed by atoms with Crippen LogP contribution >= 0.6 is 0 Å². The molecule has 2 rings (SSSR count). The lowest BCUT2D eigenvalue weighted by atomic mass is 10.1. The van der Waals surface area contributed by atoms with Crippen LogP contribution in [0.15, 0.2) is 18.3 Å². The van der Waals surface area contributed by atoms with Gasteiger partial charge in [-0.15, -0.1) is 0 Å². The molecule has 76 valence electrons. The van der Waals surface area contributed by atoms with Crippen LogP contribution in [0.2, 0.25) is 0 Å². The highest BCUT2D eigenvalue weighted by Gasteiger charge is 2.19. The summed E-state index contributed by atoms with van der Waals surface area (Å²) in [5.74, 6) is 0. The molecule has 0 saturated carbocycles. The normalized spacial score (nSPS) is 17.1. The summed E-state index contributed by atoms with van der Waals surface area (Å²) in [5, 5.41) is 0. The second-order valence-corrected chi connectivity index (χ2v) is 3.49. The van der Waals surface area contributed by atoms with Gasteiger partial charge in [0.25, 0.3) is 6.43 Å². The van der Waals surface area contributed by atoms with E-state index >= 15 is 0 Å². The molecule has 0 radical (unpaired) electrons. The third-order valence-electron chi connectivity index (χ3n) is 2.45. The third-order valence-corrected chi connectivity index (χ3v) is 2.45. The van der Waals surface area contributed by atoms with Gasteiger partial charge in [-0.05, 0) is 18.1 Å². The fourth-order valence-electron chi connectivity index (χ4n) is 1.76. The van der Waals surface area contributed by atoms with Crippen LogP contribution in [0, 0.1) is 0 Å². The number of hydrogen-bond acceptors (Lipinski definition) is 2. The van der Waals surface area contributed by atoms with Crippen LogP contribution in [0.25, 0.3) is 0 Å². The van der Waals surface area contributed by atoms with Crippen molar-refractivity contribution in [2.24, 2.45) is 0 Å². The molecule has 0 unspecified atom stereocenters. The zero-order valence-electron chi connectivity index (χ0n) is 7.79. The third kappa shape index (κ3) is 2.07. The van der Waals surface area contributed by atoms with Gasteiger partial charge in [0.1, 0.15) is 0 Å². The Morgan fingerprint density at radius 2 is 2.36 bits per heavy atom. The highest BCUT2D eigenvalue weighted by atomic mass is 19.3. The van der Waals surface area contributed by atoms with Crippen LogP contribution in [-0.4, -0.2) is 29.4 Å². The van der Waals surface area contributed by atoms with Crippen molar-refractivity contribution < 1.29 is 8.78 Å². The fourth-order valence-corrected chi connectivity index (χ4v) is 1.76. The number of nitrogens with zero attached hydrogens (tertiary/aromatic N) is 2. The molecule has 0 N–H and O–H groups in total. The van der Waals surface area contributed by atoms with Crippen LogP contribution in [-0.2, 0) is 13.0 Å². The average Bonchev–Trinajstić information content (AvgIpc) is 2.17. The predicted molar refractivity (Wildman–Crippen MR) is 49.2 cm³/mol. The van der Waals surface area contributed by atoms with Crippen molar-refractivity contribution in [3.05, 3.63) is 29.6 Å². The molecule has 1 aromatic heterocycles. The minimum Gasteiger partial charge on any atom is -0.292 e. The molecule has 2 nitrogen and oxygen atoms in total. The maximum absolute atomic E-state index is 12.1. The molecule has 4 heteroatoms. The standard InChI is InChI=1S/C10H12F2N2/c11-10(12)7-14-5-3-8-2-1-4-13-9(8)6-14/h1-2,4,10H,3,5-7H2. The number of rotatable bonds is 2. The number of pyridine rings is 1. The van der Waals surface area contributed by atoms with E-state index in [0.29, 0.717) is 13.1 Å². The Kier molecular flexibility index (Phi) is 2.72. The fraction of sp³-hybridized carbons (Fsp3) is 0.500. The first-order valence-electron chi connectivity index (χ1n) is 4.69. The van der Waals surface area contributed by atoms with Crippen molar-refractivity contribution in [2.45, 2.75) is 19.4 Å². The van der Waals surface area contributed by atoms with E-state index in [9.17, 15) is 8.78 Å². The van der Waals surface area contributed by atoms with Crippen molar-refractivity contribution in [1.29, 1.82) is 0 Å². The summed E-state index contributed by atoms with van der Waals surface area (Å²) in [6.45, 7) is 1.12. The summed E-state index contributed by atoms with van der Waals surface area (Å²) in [5.41, 5.74) is 2.14. The summed E-state index contributed by atoms with van der Waals surface area (Å²) >= 11 is 0. The number of fused-ring (bicyclic) bond motifs is 1. The Labute approximate surface area is 81.6 Å². The number of halogens is 2. The smallest absolute Gasteiger partial charge is 0.251 e. The van der Waals surface area contributed by atoms with E-state index in [1.807, 2.05) is 12.1 Å². The molecular weight excluding hydrogens is 186 g/mol. The topological polar surface area (TPSA) is 16.1 Å². The lowest BCUT2D eigenvalue weighted by Crippen LogP contribution is -2.34.